The molecule has 0 N–H and O–H groups in total. The number of rotatable bonds is 8. The van der Waals surface area contributed by atoms with E-state index in [1.807, 2.05) is 48.5 Å². The molecule has 10 nitrogen and oxygen atoms in total. The molecule has 168 valence electrons. The van der Waals surface area contributed by atoms with E-state index in [2.05, 4.69) is 15.4 Å². The summed E-state index contributed by atoms with van der Waals surface area (Å²) in [5, 5.41) is 12.0. The summed E-state index contributed by atoms with van der Waals surface area (Å²) in [4.78, 5) is 15.5. The maximum Gasteiger partial charge on any atom is 0.246 e. The first-order valence-corrected chi connectivity index (χ1v) is 11.8. The molecule has 0 bridgehead atoms. The summed E-state index contributed by atoms with van der Waals surface area (Å²) in [6, 6.07) is 18.4. The van der Waals surface area contributed by atoms with Crippen LogP contribution in [0.1, 0.15) is 11.4 Å². The van der Waals surface area contributed by atoms with Crippen LogP contribution in [0.3, 0.4) is 0 Å². The van der Waals surface area contributed by atoms with Crippen molar-refractivity contribution < 1.29 is 17.9 Å². The predicted octanol–water partition coefficient (Wildman–Crippen LogP) is 0.926. The molecule has 1 amide bonds. The molecule has 2 heterocycles. The Morgan fingerprint density at radius 1 is 0.938 bits per heavy atom. The minimum atomic E-state index is -3.43. The van der Waals surface area contributed by atoms with Gasteiger partial charge in [0.2, 0.25) is 21.8 Å². The number of ether oxygens (including phenoxy) is 1. The number of benzene rings is 2. The SMILES string of the molecule is O=C(Cn1nnc(COc2ccccc2)n1)N1CCN(S(=O)(=O)Cc2ccccc2)CC1. The zero-order valence-corrected chi connectivity index (χ0v) is 18.3. The van der Waals surface area contributed by atoms with Gasteiger partial charge in [-0.15, -0.1) is 10.2 Å². The van der Waals surface area contributed by atoms with Crippen LogP contribution in [0.2, 0.25) is 0 Å². The molecular formula is C21H24N6O4S. The second kappa shape index (κ2) is 9.88. The monoisotopic (exact) mass is 456 g/mol. The second-order valence-corrected chi connectivity index (χ2v) is 9.33. The van der Waals surface area contributed by atoms with Crippen LogP contribution in [-0.4, -0.2) is 69.9 Å². The molecule has 1 saturated heterocycles. The van der Waals surface area contributed by atoms with Gasteiger partial charge in [0, 0.05) is 26.2 Å². The third-order valence-electron chi connectivity index (χ3n) is 5.06. The highest BCUT2D eigenvalue weighted by atomic mass is 32.2. The van der Waals surface area contributed by atoms with Crippen molar-refractivity contribution in [3.63, 3.8) is 0 Å². The number of para-hydroxylation sites is 1. The first kappa shape index (κ1) is 21.9. The van der Waals surface area contributed by atoms with Gasteiger partial charge >= 0.3 is 0 Å². The highest BCUT2D eigenvalue weighted by Crippen LogP contribution is 2.14. The van der Waals surface area contributed by atoms with Gasteiger partial charge in [0.05, 0.1) is 5.75 Å². The lowest BCUT2D eigenvalue weighted by Gasteiger charge is -2.33. The standard InChI is InChI=1S/C21H24N6O4S/c28-21(15-27-23-20(22-24-27)16-31-19-9-5-2-6-10-19)25-11-13-26(14-12-25)32(29,30)17-18-7-3-1-4-8-18/h1-10H,11-17H2. The molecule has 0 atom stereocenters. The third-order valence-corrected chi connectivity index (χ3v) is 6.91. The molecule has 0 saturated carbocycles. The molecule has 0 unspecified atom stereocenters. The van der Waals surface area contributed by atoms with Crippen molar-refractivity contribution in [2.75, 3.05) is 26.2 Å². The number of sulfonamides is 1. The zero-order chi connectivity index (χ0) is 22.4. The number of nitrogens with zero attached hydrogens (tertiary/aromatic N) is 6. The molecule has 0 radical (unpaired) electrons. The Balaban J connectivity index is 1.25. The zero-order valence-electron chi connectivity index (χ0n) is 17.4. The van der Waals surface area contributed by atoms with E-state index >= 15 is 0 Å². The van der Waals surface area contributed by atoms with Crippen molar-refractivity contribution in [1.29, 1.82) is 0 Å². The van der Waals surface area contributed by atoms with Gasteiger partial charge < -0.3 is 9.64 Å². The molecule has 2 aromatic carbocycles. The summed E-state index contributed by atoms with van der Waals surface area (Å²) in [5.74, 6) is 0.843. The molecule has 1 aliphatic rings. The molecule has 32 heavy (non-hydrogen) atoms. The van der Waals surface area contributed by atoms with Crippen LogP contribution in [0, 0.1) is 0 Å². The highest BCUT2D eigenvalue weighted by Gasteiger charge is 2.29. The van der Waals surface area contributed by atoms with Crippen LogP contribution in [-0.2, 0) is 33.7 Å². The summed E-state index contributed by atoms with van der Waals surface area (Å²) >= 11 is 0. The van der Waals surface area contributed by atoms with E-state index in [9.17, 15) is 13.2 Å². The molecule has 1 aromatic heterocycles. The first-order chi connectivity index (χ1) is 15.5. The molecule has 0 aliphatic carbocycles. The summed E-state index contributed by atoms with van der Waals surface area (Å²) < 4.78 is 32.4. The topological polar surface area (TPSA) is 111 Å². The van der Waals surface area contributed by atoms with Crippen LogP contribution in [0.15, 0.2) is 60.7 Å². The average molecular weight is 457 g/mol. The van der Waals surface area contributed by atoms with Gasteiger partial charge in [-0.05, 0) is 22.9 Å². The summed E-state index contributed by atoms with van der Waals surface area (Å²) in [5.41, 5.74) is 0.746. The van der Waals surface area contributed by atoms with E-state index in [-0.39, 0.29) is 37.9 Å². The number of amides is 1. The number of hydrogen-bond acceptors (Lipinski definition) is 7. The summed E-state index contributed by atoms with van der Waals surface area (Å²) in [6.07, 6.45) is 0. The van der Waals surface area contributed by atoms with Gasteiger partial charge in [-0.1, -0.05) is 48.5 Å². The van der Waals surface area contributed by atoms with Crippen molar-refractivity contribution in [3.05, 3.63) is 72.1 Å². The van der Waals surface area contributed by atoms with E-state index in [1.165, 1.54) is 9.10 Å². The number of carbonyl (C=O) groups is 1. The predicted molar refractivity (Wildman–Crippen MR) is 116 cm³/mol. The Morgan fingerprint density at radius 2 is 1.59 bits per heavy atom. The summed E-state index contributed by atoms with van der Waals surface area (Å²) in [7, 11) is -3.43. The van der Waals surface area contributed by atoms with E-state index < -0.39 is 10.0 Å². The quantitative estimate of drug-likeness (QED) is 0.496. The van der Waals surface area contributed by atoms with Crippen LogP contribution in [0.25, 0.3) is 0 Å². The Morgan fingerprint density at radius 3 is 2.28 bits per heavy atom. The number of aromatic nitrogens is 4. The molecule has 4 rings (SSSR count). The minimum Gasteiger partial charge on any atom is -0.485 e. The molecule has 11 heteroatoms. The van der Waals surface area contributed by atoms with Gasteiger partial charge in [0.1, 0.15) is 12.3 Å². The maximum atomic E-state index is 12.7. The highest BCUT2D eigenvalue weighted by molar-refractivity contribution is 7.88. The molecular weight excluding hydrogens is 432 g/mol. The fourth-order valence-electron chi connectivity index (χ4n) is 3.38. The van der Waals surface area contributed by atoms with Gasteiger partial charge in [-0.25, -0.2) is 8.42 Å². The number of hydrogen-bond donors (Lipinski definition) is 0. The lowest BCUT2D eigenvalue weighted by molar-refractivity contribution is -0.133. The van der Waals surface area contributed by atoms with Gasteiger partial charge in [-0.3, -0.25) is 4.79 Å². The number of tetrazole rings is 1. The van der Waals surface area contributed by atoms with Crippen molar-refractivity contribution >= 4 is 15.9 Å². The van der Waals surface area contributed by atoms with Crippen molar-refractivity contribution in [1.82, 2.24) is 29.4 Å². The molecule has 3 aromatic rings. The lowest BCUT2D eigenvalue weighted by atomic mass is 10.2. The fourth-order valence-corrected chi connectivity index (χ4v) is 4.89. The average Bonchev–Trinajstić information content (AvgIpc) is 3.26. The summed E-state index contributed by atoms with van der Waals surface area (Å²) in [6.45, 7) is 1.27. The minimum absolute atomic E-state index is 0.0432. The maximum absolute atomic E-state index is 12.7. The number of piperazine rings is 1. The first-order valence-electron chi connectivity index (χ1n) is 10.2. The van der Waals surface area contributed by atoms with Crippen LogP contribution < -0.4 is 4.74 Å². The van der Waals surface area contributed by atoms with E-state index in [4.69, 9.17) is 4.74 Å². The fraction of sp³-hybridized carbons (Fsp3) is 0.333. The second-order valence-electron chi connectivity index (χ2n) is 7.36. The Labute approximate surface area is 186 Å². The van der Waals surface area contributed by atoms with Crippen LogP contribution >= 0.6 is 0 Å². The van der Waals surface area contributed by atoms with E-state index in [0.717, 1.165) is 5.56 Å². The van der Waals surface area contributed by atoms with Crippen LogP contribution in [0.5, 0.6) is 5.75 Å². The smallest absolute Gasteiger partial charge is 0.246 e. The Kier molecular flexibility index (Phi) is 6.76. The van der Waals surface area contributed by atoms with E-state index in [1.54, 1.807) is 17.0 Å². The Bertz CT molecular complexity index is 1130. The largest absolute Gasteiger partial charge is 0.485 e. The van der Waals surface area contributed by atoms with Gasteiger partial charge in [0.25, 0.3) is 0 Å². The van der Waals surface area contributed by atoms with Gasteiger partial charge in [0.15, 0.2) is 6.61 Å². The lowest BCUT2D eigenvalue weighted by Crippen LogP contribution is -2.51. The van der Waals surface area contributed by atoms with Crippen molar-refractivity contribution in [3.8, 4) is 5.75 Å². The Hall–Kier alpha value is -3.31. The molecule has 1 aliphatic heterocycles. The van der Waals surface area contributed by atoms with Crippen molar-refractivity contribution in [2.45, 2.75) is 18.9 Å². The molecule has 0 spiro atoms. The molecule has 1 fully saturated rings. The third kappa shape index (κ3) is 5.68. The van der Waals surface area contributed by atoms with Crippen LogP contribution in [0.4, 0.5) is 0 Å². The number of carbonyl (C=O) groups excluding carboxylic acids is 1. The van der Waals surface area contributed by atoms with Crippen molar-refractivity contribution in [2.24, 2.45) is 0 Å². The van der Waals surface area contributed by atoms with E-state index in [0.29, 0.717) is 24.7 Å². The van der Waals surface area contributed by atoms with Gasteiger partial charge in [-0.2, -0.15) is 9.10 Å². The normalized spacial score (nSPS) is 14.9.